The molecule has 342 valence electrons. The number of methoxy groups -OCH3 is 1. The van der Waals surface area contributed by atoms with E-state index in [9.17, 15) is 54.9 Å². The molecule has 6 aliphatic rings. The van der Waals surface area contributed by atoms with Gasteiger partial charge in [0.15, 0.2) is 18.9 Å². The molecule has 6 heterocycles. The summed E-state index contributed by atoms with van der Waals surface area (Å²) >= 11 is 0. The van der Waals surface area contributed by atoms with Crippen molar-refractivity contribution in [1.29, 1.82) is 0 Å². The Morgan fingerprint density at radius 1 is 0.700 bits per heavy atom. The zero-order valence-corrected chi connectivity index (χ0v) is 36.1. The minimum Gasteiger partial charge on any atom is -0.547 e. The van der Waals surface area contributed by atoms with E-state index >= 15 is 0 Å². The summed E-state index contributed by atoms with van der Waals surface area (Å²) in [6, 6.07) is -2.95. The summed E-state index contributed by atoms with van der Waals surface area (Å²) in [6.07, 6.45) is -27.9. The third-order valence-electron chi connectivity index (χ3n) is 11.4. The number of carbonyl (C=O) groups is 4. The van der Waals surface area contributed by atoms with Crippen molar-refractivity contribution in [3.8, 4) is 0 Å². The highest BCUT2D eigenvalue weighted by atomic mass is 28.4. The first kappa shape index (κ1) is 47.2. The monoisotopic (exact) mass is 898 g/mol. The van der Waals surface area contributed by atoms with Gasteiger partial charge in [0.2, 0.25) is 11.8 Å². The second-order valence-electron chi connectivity index (χ2n) is 16.5. The molecule has 0 aromatic heterocycles. The van der Waals surface area contributed by atoms with Gasteiger partial charge in [0.25, 0.3) is 8.48 Å². The molecule has 0 aliphatic carbocycles. The number of aliphatic carboxylic acids is 2. The van der Waals surface area contributed by atoms with E-state index < -0.39 is 177 Å². The number of nitrogens with zero attached hydrogens (tertiary/aromatic N) is 1. The SMILES string of the molecule is COC1C(CO)OC2OC3C(C(=O)[O-])OC(OC4C(CO)OC(OC5C(C(=O)[O-])OC(C)C6O[Si](C)(C)OC65)C(NC(C)=O)C4O)C(O)C3O[Si](C)(C)N(C(C)=O)C2C1O. The lowest BCUT2D eigenvalue weighted by Crippen LogP contribution is -2.77. The molecule has 6 saturated heterocycles. The molecule has 60 heavy (non-hydrogen) atoms. The highest BCUT2D eigenvalue weighted by Gasteiger charge is 2.62. The Balaban J connectivity index is 1.29. The molecule has 20 unspecified atom stereocenters. The largest absolute Gasteiger partial charge is 0.547 e. The van der Waals surface area contributed by atoms with Gasteiger partial charge in [-0.2, -0.15) is 0 Å². The number of amides is 2. The Bertz CT molecular complexity index is 1600. The maximum absolute atomic E-state index is 13.3. The van der Waals surface area contributed by atoms with Crippen molar-refractivity contribution >= 4 is 40.8 Å². The zero-order chi connectivity index (χ0) is 44.3. The summed E-state index contributed by atoms with van der Waals surface area (Å²) in [6.45, 7) is 8.80. The third kappa shape index (κ3) is 8.91. The van der Waals surface area contributed by atoms with Gasteiger partial charge in [-0.15, -0.1) is 0 Å². The normalized spacial score (nSPS) is 46.2. The van der Waals surface area contributed by atoms with Crippen molar-refractivity contribution in [2.24, 2.45) is 0 Å². The van der Waals surface area contributed by atoms with E-state index in [0.29, 0.717) is 0 Å². The Labute approximate surface area is 346 Å². The summed E-state index contributed by atoms with van der Waals surface area (Å²) in [7, 11) is -5.27. The Morgan fingerprint density at radius 3 is 1.87 bits per heavy atom. The van der Waals surface area contributed by atoms with Crippen LogP contribution in [0.3, 0.4) is 0 Å². The Hall–Kier alpha value is -2.33. The van der Waals surface area contributed by atoms with Crippen LogP contribution in [0.4, 0.5) is 0 Å². The quantitative estimate of drug-likeness (QED) is 0.111. The standard InChI is InChI=1S/C34H56N2O22Si2/c1-11-21-27(58-60(7,8)57-21)26(28(49-11)30(44)45)53-32-16(35-12(2)39)18(41)23(15(10-38)50-32)52-34-20(43)24-25(29(55-34)31(46)47)54-33-17(36(13(3)40)59(5,6)56-24)19(42)22(48-4)14(9-37)51-33/h11,14-29,32-34,37-38,41-43H,9-10H2,1-8H3,(H,35,39)(H,44,45)(H,46,47)/p-2. The number of carboxylic acids is 2. The topological polar surface area (TPSA) is 332 Å². The summed E-state index contributed by atoms with van der Waals surface area (Å²) < 4.78 is 66.8. The maximum Gasteiger partial charge on any atom is 0.332 e. The van der Waals surface area contributed by atoms with Crippen LogP contribution >= 0.6 is 0 Å². The van der Waals surface area contributed by atoms with Gasteiger partial charge in [0, 0.05) is 21.0 Å². The third-order valence-corrected chi connectivity index (χ3v) is 15.7. The average molecular weight is 899 g/mol. The van der Waals surface area contributed by atoms with Gasteiger partial charge in [-0.25, -0.2) is 0 Å². The molecule has 0 saturated carbocycles. The first-order chi connectivity index (χ1) is 28.0. The Kier molecular flexibility index (Phi) is 14.2. The molecule has 24 nitrogen and oxygen atoms in total. The van der Waals surface area contributed by atoms with Crippen molar-refractivity contribution in [2.45, 2.75) is 169 Å². The minimum atomic E-state index is -3.71. The molecule has 6 aliphatic heterocycles. The zero-order valence-electron chi connectivity index (χ0n) is 34.1. The van der Waals surface area contributed by atoms with Gasteiger partial charge in [-0.3, -0.25) is 9.59 Å². The van der Waals surface area contributed by atoms with Crippen LogP contribution < -0.4 is 15.5 Å². The van der Waals surface area contributed by atoms with Gasteiger partial charge >= 0.3 is 8.56 Å². The van der Waals surface area contributed by atoms with Crippen LogP contribution in [0.5, 0.6) is 0 Å². The average Bonchev–Trinajstić information content (AvgIpc) is 3.49. The second kappa shape index (κ2) is 18.0. The number of aliphatic hydroxyl groups excluding tert-OH is 5. The highest BCUT2D eigenvalue weighted by Crippen LogP contribution is 2.41. The lowest BCUT2D eigenvalue weighted by Gasteiger charge is -2.57. The fourth-order valence-corrected chi connectivity index (χ4v) is 13.8. The van der Waals surface area contributed by atoms with Crippen molar-refractivity contribution in [1.82, 2.24) is 9.88 Å². The number of carbonyl (C=O) groups excluding carboxylic acids is 4. The summed E-state index contributed by atoms with van der Waals surface area (Å²) in [5.41, 5.74) is 0. The number of nitrogens with one attached hydrogen (secondary N) is 1. The maximum atomic E-state index is 13.3. The van der Waals surface area contributed by atoms with Gasteiger partial charge in [0.1, 0.15) is 97.5 Å². The number of rotatable bonds is 10. The number of aliphatic hydroxyl groups is 5. The van der Waals surface area contributed by atoms with E-state index in [4.69, 9.17) is 51.2 Å². The lowest BCUT2D eigenvalue weighted by atomic mass is 9.93. The number of ether oxygens (including phenoxy) is 8. The van der Waals surface area contributed by atoms with Crippen LogP contribution in [0, 0.1) is 0 Å². The van der Waals surface area contributed by atoms with Gasteiger partial charge < -0.3 is 106 Å². The van der Waals surface area contributed by atoms with Crippen molar-refractivity contribution in [3.05, 3.63) is 0 Å². The summed E-state index contributed by atoms with van der Waals surface area (Å²) in [5, 5.41) is 83.3. The van der Waals surface area contributed by atoms with E-state index in [1.807, 2.05) is 0 Å². The molecule has 6 fully saturated rings. The van der Waals surface area contributed by atoms with Crippen molar-refractivity contribution in [3.63, 3.8) is 0 Å². The molecule has 0 spiro atoms. The Morgan fingerprint density at radius 2 is 1.30 bits per heavy atom. The van der Waals surface area contributed by atoms with Crippen molar-refractivity contribution < 1.29 is 106 Å². The van der Waals surface area contributed by atoms with Gasteiger partial charge in [0.05, 0.1) is 31.3 Å². The highest BCUT2D eigenvalue weighted by molar-refractivity contribution is 6.70. The molecule has 6 rings (SSSR count). The van der Waals surface area contributed by atoms with E-state index in [-0.39, 0.29) is 0 Å². The van der Waals surface area contributed by atoms with E-state index in [1.165, 1.54) is 31.7 Å². The molecule has 0 aromatic carbocycles. The van der Waals surface area contributed by atoms with Gasteiger partial charge in [-0.1, -0.05) is 0 Å². The fourth-order valence-electron chi connectivity index (χ4n) is 9.02. The predicted molar refractivity (Wildman–Crippen MR) is 191 cm³/mol. The number of hydrogen-bond acceptors (Lipinski definition) is 22. The smallest absolute Gasteiger partial charge is 0.332 e. The number of carboxylic acid groups (broad SMARTS) is 2. The van der Waals surface area contributed by atoms with Crippen LogP contribution in [-0.4, -0.2) is 214 Å². The molecule has 0 bridgehead atoms. The van der Waals surface area contributed by atoms with Crippen LogP contribution in [0.1, 0.15) is 20.8 Å². The summed E-state index contributed by atoms with van der Waals surface area (Å²) in [4.78, 5) is 50.9. The molecular formula is C34H54N2O22Si2-2. The molecule has 0 radical (unpaired) electrons. The van der Waals surface area contributed by atoms with Crippen LogP contribution in [0.15, 0.2) is 0 Å². The molecular weight excluding hydrogens is 845 g/mol. The first-order valence-electron chi connectivity index (χ1n) is 19.4. The number of fused-ring (bicyclic) bond motifs is 3. The van der Waals surface area contributed by atoms with Crippen LogP contribution in [0.25, 0.3) is 0 Å². The van der Waals surface area contributed by atoms with E-state index in [2.05, 4.69) is 5.32 Å². The van der Waals surface area contributed by atoms with E-state index in [1.54, 1.807) is 20.0 Å². The minimum absolute atomic E-state index is 0.614. The predicted octanol–water partition coefficient (Wildman–Crippen LogP) is -7.01. The first-order valence-corrected chi connectivity index (χ1v) is 25.1. The molecule has 20 atom stereocenters. The fraction of sp³-hybridized carbons (Fsp3) is 0.882. The van der Waals surface area contributed by atoms with Crippen LogP contribution in [0.2, 0.25) is 26.2 Å². The van der Waals surface area contributed by atoms with Crippen LogP contribution in [-0.2, 0) is 70.4 Å². The summed E-state index contributed by atoms with van der Waals surface area (Å²) in [5.74, 6) is -4.89. The van der Waals surface area contributed by atoms with E-state index in [0.717, 1.165) is 6.92 Å². The second-order valence-corrected chi connectivity index (χ2v) is 23.3. The van der Waals surface area contributed by atoms with Crippen molar-refractivity contribution in [2.75, 3.05) is 20.3 Å². The molecule has 26 heteroatoms. The van der Waals surface area contributed by atoms with Gasteiger partial charge in [-0.05, 0) is 33.1 Å². The molecule has 6 N–H and O–H groups in total. The molecule has 2 amide bonds. The number of hydrogen-bond donors (Lipinski definition) is 6. The molecule has 0 aromatic rings. The lowest BCUT2D eigenvalue weighted by molar-refractivity contribution is -0.387.